The van der Waals surface area contributed by atoms with Crippen LogP contribution in [0.5, 0.6) is 11.5 Å². The Bertz CT molecular complexity index is 579. The molecule has 1 aromatic heterocycles. The minimum Gasteiger partial charge on any atom is -0.496 e. The maximum atomic E-state index is 5.99. The third kappa shape index (κ3) is 2.01. The van der Waals surface area contributed by atoms with Gasteiger partial charge in [-0.3, -0.25) is 0 Å². The van der Waals surface area contributed by atoms with E-state index < -0.39 is 0 Å². The van der Waals surface area contributed by atoms with Gasteiger partial charge in [0.2, 0.25) is 0 Å². The van der Waals surface area contributed by atoms with E-state index in [1.807, 2.05) is 26.0 Å². The highest BCUT2D eigenvalue weighted by Gasteiger charge is 2.17. The van der Waals surface area contributed by atoms with E-state index in [9.17, 15) is 0 Å². The number of anilines is 1. The number of nitrogens with two attached hydrogens (primary N) is 1. The van der Waals surface area contributed by atoms with Gasteiger partial charge in [0.15, 0.2) is 0 Å². The number of nitrogen functional groups attached to an aromatic ring is 1. The third-order valence-electron chi connectivity index (χ3n) is 2.80. The molecule has 0 atom stereocenters. The lowest BCUT2D eigenvalue weighted by molar-refractivity contribution is 0.390. The van der Waals surface area contributed by atoms with E-state index >= 15 is 0 Å². The highest BCUT2D eigenvalue weighted by molar-refractivity contribution is 7.16. The lowest BCUT2D eigenvalue weighted by atomic mass is 10.1. The number of aryl methyl sites for hydroxylation is 1. The van der Waals surface area contributed by atoms with Crippen molar-refractivity contribution in [1.82, 2.24) is 4.98 Å². The topological polar surface area (TPSA) is 57.4 Å². The molecule has 0 unspecified atom stereocenters. The van der Waals surface area contributed by atoms with Gasteiger partial charge in [-0.25, -0.2) is 4.98 Å². The molecule has 1 heterocycles. The Morgan fingerprint density at radius 2 is 1.89 bits per heavy atom. The minimum atomic E-state index is 0.704. The normalized spacial score (nSPS) is 10.4. The Morgan fingerprint density at radius 3 is 2.39 bits per heavy atom. The summed E-state index contributed by atoms with van der Waals surface area (Å²) >= 11 is 1.48. The molecule has 4 nitrogen and oxygen atoms in total. The van der Waals surface area contributed by atoms with Crippen molar-refractivity contribution in [2.24, 2.45) is 0 Å². The second-order valence-corrected chi connectivity index (χ2v) is 5.15. The van der Waals surface area contributed by atoms with E-state index in [0.717, 1.165) is 33.3 Å². The van der Waals surface area contributed by atoms with E-state index in [4.69, 9.17) is 15.2 Å². The molecule has 2 rings (SSSR count). The second kappa shape index (κ2) is 4.86. The number of nitrogens with zero attached hydrogens (tertiary/aromatic N) is 1. The maximum absolute atomic E-state index is 5.99. The second-order valence-electron chi connectivity index (χ2n) is 3.92. The Kier molecular flexibility index (Phi) is 3.43. The molecule has 5 heteroatoms. The molecule has 2 N–H and O–H groups in total. The van der Waals surface area contributed by atoms with Crippen LogP contribution < -0.4 is 15.2 Å². The molecule has 0 saturated heterocycles. The predicted octanol–water partition coefficient (Wildman–Crippen LogP) is 3.03. The number of hydrogen-bond acceptors (Lipinski definition) is 5. The van der Waals surface area contributed by atoms with Crippen molar-refractivity contribution in [3.05, 3.63) is 22.7 Å². The maximum Gasteiger partial charge on any atom is 0.134 e. The molecule has 0 radical (unpaired) electrons. The molecule has 0 spiro atoms. The zero-order valence-corrected chi connectivity index (χ0v) is 11.7. The van der Waals surface area contributed by atoms with Crippen molar-refractivity contribution in [3.63, 3.8) is 0 Å². The lowest BCUT2D eigenvalue weighted by Gasteiger charge is -2.13. The smallest absolute Gasteiger partial charge is 0.134 e. The van der Waals surface area contributed by atoms with Gasteiger partial charge in [0.25, 0.3) is 0 Å². The fourth-order valence-corrected chi connectivity index (χ4v) is 2.69. The van der Waals surface area contributed by atoms with Gasteiger partial charge in [-0.2, -0.15) is 0 Å². The summed E-state index contributed by atoms with van der Waals surface area (Å²) in [6.45, 7) is 3.89. The van der Waals surface area contributed by atoms with E-state index in [1.54, 1.807) is 14.2 Å². The molecule has 2 aromatic rings. The molecular weight excluding hydrogens is 248 g/mol. The summed E-state index contributed by atoms with van der Waals surface area (Å²) in [4.78, 5) is 4.46. The number of hydrogen-bond donors (Lipinski definition) is 1. The first kappa shape index (κ1) is 12.7. The quantitative estimate of drug-likeness (QED) is 0.925. The zero-order chi connectivity index (χ0) is 13.3. The Morgan fingerprint density at radius 1 is 1.17 bits per heavy atom. The van der Waals surface area contributed by atoms with Crippen LogP contribution in [0.4, 0.5) is 5.00 Å². The molecule has 0 saturated carbocycles. The SMILES string of the molecule is COc1ccc(-c2nc(C)sc2N)c(OC)c1C. The molecule has 96 valence electrons. The zero-order valence-electron chi connectivity index (χ0n) is 10.9. The first-order chi connectivity index (χ1) is 8.58. The van der Waals surface area contributed by atoms with Crippen LogP contribution in [0, 0.1) is 13.8 Å². The van der Waals surface area contributed by atoms with Crippen molar-refractivity contribution in [2.45, 2.75) is 13.8 Å². The average molecular weight is 264 g/mol. The molecule has 18 heavy (non-hydrogen) atoms. The molecule has 1 aromatic carbocycles. The predicted molar refractivity (Wildman–Crippen MR) is 74.5 cm³/mol. The van der Waals surface area contributed by atoms with Crippen LogP contribution in [0.1, 0.15) is 10.6 Å². The molecule has 0 aliphatic carbocycles. The molecule has 0 aliphatic heterocycles. The van der Waals surface area contributed by atoms with Crippen LogP contribution in [0.2, 0.25) is 0 Å². The monoisotopic (exact) mass is 264 g/mol. The molecule has 0 fully saturated rings. The summed E-state index contributed by atoms with van der Waals surface area (Å²) in [5, 5.41) is 1.65. The summed E-state index contributed by atoms with van der Waals surface area (Å²) in [7, 11) is 3.28. The van der Waals surface area contributed by atoms with E-state index in [1.165, 1.54) is 11.3 Å². The number of thiazole rings is 1. The molecule has 0 amide bonds. The minimum absolute atomic E-state index is 0.704. The number of ether oxygens (including phenoxy) is 2. The molecule has 0 bridgehead atoms. The van der Waals surface area contributed by atoms with Crippen molar-refractivity contribution < 1.29 is 9.47 Å². The van der Waals surface area contributed by atoms with Crippen molar-refractivity contribution in [3.8, 4) is 22.8 Å². The van der Waals surface area contributed by atoms with Crippen LogP contribution >= 0.6 is 11.3 Å². The fraction of sp³-hybridized carbons (Fsp3) is 0.308. The van der Waals surface area contributed by atoms with Gasteiger partial charge in [-0.1, -0.05) is 0 Å². The van der Waals surface area contributed by atoms with Crippen LogP contribution in [0.15, 0.2) is 12.1 Å². The summed E-state index contributed by atoms with van der Waals surface area (Å²) < 4.78 is 10.8. The molecule has 0 aliphatic rings. The number of methoxy groups -OCH3 is 2. The Labute approximate surface area is 110 Å². The van der Waals surface area contributed by atoms with Gasteiger partial charge < -0.3 is 15.2 Å². The summed E-state index contributed by atoms with van der Waals surface area (Å²) in [5.41, 5.74) is 8.61. The van der Waals surface area contributed by atoms with Crippen LogP contribution in [0.25, 0.3) is 11.3 Å². The van der Waals surface area contributed by atoms with Crippen molar-refractivity contribution >= 4 is 16.3 Å². The number of rotatable bonds is 3. The van der Waals surface area contributed by atoms with Crippen molar-refractivity contribution in [2.75, 3.05) is 20.0 Å². The van der Waals surface area contributed by atoms with Gasteiger partial charge >= 0.3 is 0 Å². The van der Waals surface area contributed by atoms with Gasteiger partial charge in [-0.15, -0.1) is 11.3 Å². The van der Waals surface area contributed by atoms with E-state index in [-0.39, 0.29) is 0 Å². The summed E-state index contributed by atoms with van der Waals surface area (Å²) in [5.74, 6) is 1.55. The average Bonchev–Trinajstić information content (AvgIpc) is 2.68. The standard InChI is InChI=1S/C13H16N2O2S/c1-7-10(16-3)6-5-9(12(7)17-4)11-13(14)18-8(2)15-11/h5-6H,14H2,1-4H3. The van der Waals surface area contributed by atoms with Gasteiger partial charge in [0.1, 0.15) is 22.2 Å². The van der Waals surface area contributed by atoms with Gasteiger partial charge in [-0.05, 0) is 26.0 Å². The van der Waals surface area contributed by atoms with Gasteiger partial charge in [0.05, 0.1) is 19.2 Å². The number of aromatic nitrogens is 1. The molecular formula is C13H16N2O2S. The van der Waals surface area contributed by atoms with Gasteiger partial charge in [0, 0.05) is 11.1 Å². The Hall–Kier alpha value is -1.75. The summed E-state index contributed by atoms with van der Waals surface area (Å²) in [6, 6.07) is 3.83. The largest absolute Gasteiger partial charge is 0.496 e. The Balaban J connectivity index is 2.65. The third-order valence-corrected chi connectivity index (χ3v) is 3.60. The highest BCUT2D eigenvalue weighted by Crippen LogP contribution is 2.40. The fourth-order valence-electron chi connectivity index (χ4n) is 1.98. The first-order valence-corrected chi connectivity index (χ1v) is 6.35. The number of benzene rings is 1. The van der Waals surface area contributed by atoms with Crippen molar-refractivity contribution in [1.29, 1.82) is 0 Å². The first-order valence-electron chi connectivity index (χ1n) is 5.53. The highest BCUT2D eigenvalue weighted by atomic mass is 32.1. The van der Waals surface area contributed by atoms with E-state index in [0.29, 0.717) is 5.00 Å². The van der Waals surface area contributed by atoms with Crippen LogP contribution in [-0.4, -0.2) is 19.2 Å². The summed E-state index contributed by atoms with van der Waals surface area (Å²) in [6.07, 6.45) is 0. The van der Waals surface area contributed by atoms with Crippen LogP contribution in [-0.2, 0) is 0 Å². The van der Waals surface area contributed by atoms with Crippen LogP contribution in [0.3, 0.4) is 0 Å². The lowest BCUT2D eigenvalue weighted by Crippen LogP contribution is -1.96. The van der Waals surface area contributed by atoms with E-state index in [2.05, 4.69) is 4.98 Å².